The van der Waals surface area contributed by atoms with Gasteiger partial charge in [0, 0.05) is 19.3 Å². The predicted molar refractivity (Wildman–Crippen MR) is 79.9 cm³/mol. The number of carbonyl (C=O) groups is 1. The molecule has 2 amide bonds. The Kier molecular flexibility index (Phi) is 6.42. The average Bonchev–Trinajstić information content (AvgIpc) is 2.74. The lowest BCUT2D eigenvalue weighted by molar-refractivity contribution is -0.139. The van der Waals surface area contributed by atoms with E-state index in [9.17, 15) is 22.4 Å². The Bertz CT molecular complexity index is 526. The van der Waals surface area contributed by atoms with Gasteiger partial charge in [-0.2, -0.15) is 13.2 Å². The van der Waals surface area contributed by atoms with Crippen LogP contribution < -0.4 is 10.6 Å². The minimum Gasteiger partial charge on any atom is -0.381 e. The van der Waals surface area contributed by atoms with E-state index in [4.69, 9.17) is 4.74 Å². The van der Waals surface area contributed by atoms with Gasteiger partial charge in [-0.15, -0.1) is 0 Å². The summed E-state index contributed by atoms with van der Waals surface area (Å²) in [5.41, 5.74) is 0.202. The van der Waals surface area contributed by atoms with E-state index in [1.165, 1.54) is 12.1 Å². The van der Waals surface area contributed by atoms with Gasteiger partial charge in [0.05, 0.1) is 12.5 Å². The van der Waals surface area contributed by atoms with E-state index in [0.717, 1.165) is 18.6 Å². The van der Waals surface area contributed by atoms with Crippen LogP contribution in [0.25, 0.3) is 0 Å². The van der Waals surface area contributed by atoms with Crippen LogP contribution in [-0.2, 0) is 4.74 Å². The second-order valence-electron chi connectivity index (χ2n) is 5.78. The Morgan fingerprint density at radius 1 is 1.21 bits per heavy atom. The predicted octanol–water partition coefficient (Wildman–Crippen LogP) is 3.69. The molecule has 0 spiro atoms. The van der Waals surface area contributed by atoms with Crippen molar-refractivity contribution in [1.82, 2.24) is 10.6 Å². The lowest BCUT2D eigenvalue weighted by Crippen LogP contribution is -2.44. The topological polar surface area (TPSA) is 50.4 Å². The standard InChI is InChI=1S/C16H20F4N2O2/c17-12-5-3-11(4-6-12)14(10-16(18,19)20)22-15(23)21-13-2-1-8-24-9-7-13/h3-6,13-14H,1-2,7-10H2,(H2,21,22,23). The van der Waals surface area contributed by atoms with Gasteiger partial charge < -0.3 is 15.4 Å². The summed E-state index contributed by atoms with van der Waals surface area (Å²) in [7, 11) is 0. The number of urea groups is 1. The molecule has 1 aromatic rings. The lowest BCUT2D eigenvalue weighted by Gasteiger charge is -2.23. The highest BCUT2D eigenvalue weighted by molar-refractivity contribution is 5.74. The third kappa shape index (κ3) is 6.35. The number of rotatable bonds is 4. The third-order valence-electron chi connectivity index (χ3n) is 3.80. The Balaban J connectivity index is 2.01. The van der Waals surface area contributed by atoms with Gasteiger partial charge in [0.1, 0.15) is 5.82 Å². The summed E-state index contributed by atoms with van der Waals surface area (Å²) in [4.78, 5) is 12.1. The molecule has 1 aliphatic heterocycles. The van der Waals surface area contributed by atoms with Crippen LogP contribution in [-0.4, -0.2) is 31.5 Å². The number of nitrogens with one attached hydrogen (secondary N) is 2. The van der Waals surface area contributed by atoms with E-state index in [1.54, 1.807) is 0 Å². The minimum absolute atomic E-state index is 0.132. The molecule has 2 atom stereocenters. The first-order valence-electron chi connectivity index (χ1n) is 7.80. The second kappa shape index (κ2) is 8.32. The van der Waals surface area contributed by atoms with Crippen molar-refractivity contribution < 1.29 is 27.1 Å². The number of hydrogen-bond donors (Lipinski definition) is 2. The Hall–Kier alpha value is -1.83. The molecule has 24 heavy (non-hydrogen) atoms. The number of alkyl halides is 3. The zero-order chi connectivity index (χ0) is 17.6. The smallest absolute Gasteiger partial charge is 0.381 e. The fraction of sp³-hybridized carbons (Fsp3) is 0.562. The van der Waals surface area contributed by atoms with Gasteiger partial charge >= 0.3 is 12.2 Å². The van der Waals surface area contributed by atoms with Gasteiger partial charge in [0.25, 0.3) is 0 Å². The fourth-order valence-electron chi connectivity index (χ4n) is 2.61. The van der Waals surface area contributed by atoms with Crippen LogP contribution in [0.1, 0.15) is 37.3 Å². The van der Waals surface area contributed by atoms with Crippen LogP contribution in [0.2, 0.25) is 0 Å². The molecule has 0 radical (unpaired) electrons. The zero-order valence-corrected chi connectivity index (χ0v) is 13.0. The monoisotopic (exact) mass is 348 g/mol. The number of ether oxygens (including phenoxy) is 1. The van der Waals surface area contributed by atoms with Gasteiger partial charge in [-0.3, -0.25) is 0 Å². The molecular formula is C16H20F4N2O2. The molecule has 2 N–H and O–H groups in total. The van der Waals surface area contributed by atoms with Crippen molar-refractivity contribution in [3.8, 4) is 0 Å². The van der Waals surface area contributed by atoms with Gasteiger partial charge in [0.15, 0.2) is 0 Å². The molecule has 4 nitrogen and oxygen atoms in total. The quantitative estimate of drug-likeness (QED) is 0.816. The van der Waals surface area contributed by atoms with Crippen molar-refractivity contribution in [2.75, 3.05) is 13.2 Å². The molecule has 0 bridgehead atoms. The highest BCUT2D eigenvalue weighted by Gasteiger charge is 2.33. The van der Waals surface area contributed by atoms with Gasteiger partial charge in [-0.1, -0.05) is 12.1 Å². The van der Waals surface area contributed by atoms with Crippen LogP contribution >= 0.6 is 0 Å². The van der Waals surface area contributed by atoms with Crippen molar-refractivity contribution in [2.45, 2.75) is 43.9 Å². The largest absolute Gasteiger partial charge is 0.391 e. The Morgan fingerprint density at radius 2 is 1.92 bits per heavy atom. The molecule has 0 saturated carbocycles. The number of amides is 2. The maximum atomic E-state index is 13.0. The van der Waals surface area contributed by atoms with Crippen LogP contribution in [0, 0.1) is 5.82 Å². The minimum atomic E-state index is -4.46. The van der Waals surface area contributed by atoms with Crippen molar-refractivity contribution in [3.05, 3.63) is 35.6 Å². The van der Waals surface area contributed by atoms with E-state index < -0.39 is 30.5 Å². The van der Waals surface area contributed by atoms with Gasteiger partial charge in [-0.05, 0) is 37.0 Å². The maximum Gasteiger partial charge on any atom is 0.391 e. The molecule has 1 aliphatic rings. The van der Waals surface area contributed by atoms with E-state index in [0.29, 0.717) is 26.1 Å². The molecule has 2 unspecified atom stereocenters. The fourth-order valence-corrected chi connectivity index (χ4v) is 2.61. The number of halogens is 4. The van der Waals surface area contributed by atoms with E-state index in [-0.39, 0.29) is 11.6 Å². The van der Waals surface area contributed by atoms with Gasteiger partial charge in [-0.25, -0.2) is 9.18 Å². The van der Waals surface area contributed by atoms with Crippen molar-refractivity contribution in [2.24, 2.45) is 0 Å². The molecule has 8 heteroatoms. The zero-order valence-electron chi connectivity index (χ0n) is 13.0. The van der Waals surface area contributed by atoms with E-state index in [1.807, 2.05) is 0 Å². The summed E-state index contributed by atoms with van der Waals surface area (Å²) in [5, 5.41) is 5.03. The lowest BCUT2D eigenvalue weighted by atomic mass is 10.0. The van der Waals surface area contributed by atoms with Crippen LogP contribution in [0.5, 0.6) is 0 Å². The molecule has 1 heterocycles. The molecule has 134 valence electrons. The number of benzene rings is 1. The highest BCUT2D eigenvalue weighted by Crippen LogP contribution is 2.29. The Labute approximate surface area is 137 Å². The third-order valence-corrected chi connectivity index (χ3v) is 3.80. The molecule has 1 fully saturated rings. The number of hydrogen-bond acceptors (Lipinski definition) is 2. The molecule has 1 aromatic carbocycles. The van der Waals surface area contributed by atoms with Gasteiger partial charge in [0.2, 0.25) is 0 Å². The molecular weight excluding hydrogens is 328 g/mol. The maximum absolute atomic E-state index is 13.0. The van der Waals surface area contributed by atoms with Crippen LogP contribution in [0.4, 0.5) is 22.4 Å². The number of carbonyl (C=O) groups excluding carboxylic acids is 1. The summed E-state index contributed by atoms with van der Waals surface area (Å²) >= 11 is 0. The molecule has 1 saturated heterocycles. The SMILES string of the molecule is O=C(NC1CCCOCC1)NC(CC(F)(F)F)c1ccc(F)cc1. The van der Waals surface area contributed by atoms with Crippen molar-refractivity contribution in [1.29, 1.82) is 0 Å². The second-order valence-corrected chi connectivity index (χ2v) is 5.78. The summed E-state index contributed by atoms with van der Waals surface area (Å²) in [6, 6.07) is 2.55. The first kappa shape index (κ1) is 18.5. The normalized spacial score (nSPS) is 20.1. The molecule has 0 aromatic heterocycles. The summed E-state index contributed by atoms with van der Waals surface area (Å²) in [5.74, 6) is -0.549. The highest BCUT2D eigenvalue weighted by atomic mass is 19.4. The first-order chi connectivity index (χ1) is 11.3. The molecule has 2 rings (SSSR count). The Morgan fingerprint density at radius 3 is 2.58 bits per heavy atom. The van der Waals surface area contributed by atoms with Crippen molar-refractivity contribution >= 4 is 6.03 Å². The summed E-state index contributed by atoms with van der Waals surface area (Å²) in [6.07, 6.45) is -3.56. The van der Waals surface area contributed by atoms with Crippen molar-refractivity contribution in [3.63, 3.8) is 0 Å². The van der Waals surface area contributed by atoms with E-state index >= 15 is 0 Å². The van der Waals surface area contributed by atoms with Crippen LogP contribution in [0.15, 0.2) is 24.3 Å². The summed E-state index contributed by atoms with van der Waals surface area (Å²) < 4.78 is 56.6. The van der Waals surface area contributed by atoms with E-state index in [2.05, 4.69) is 10.6 Å². The molecule has 0 aliphatic carbocycles. The summed E-state index contributed by atoms with van der Waals surface area (Å²) in [6.45, 7) is 1.13. The average molecular weight is 348 g/mol. The van der Waals surface area contributed by atoms with Crippen LogP contribution in [0.3, 0.4) is 0 Å². The first-order valence-corrected chi connectivity index (χ1v) is 7.80.